The number of aromatic nitrogens is 1. The van der Waals surface area contributed by atoms with E-state index in [2.05, 4.69) is 31.1 Å². The summed E-state index contributed by atoms with van der Waals surface area (Å²) in [6.07, 6.45) is 0. The molecule has 0 saturated carbocycles. The van der Waals surface area contributed by atoms with Crippen LogP contribution in [0.15, 0.2) is 47.0 Å². The van der Waals surface area contributed by atoms with Crippen LogP contribution in [-0.2, 0) is 0 Å². The third-order valence-corrected chi connectivity index (χ3v) is 3.84. The van der Waals surface area contributed by atoms with Gasteiger partial charge in [0.1, 0.15) is 0 Å². The van der Waals surface area contributed by atoms with Crippen LogP contribution >= 0.6 is 11.6 Å². The Morgan fingerprint density at radius 1 is 1.00 bits per heavy atom. The topological polar surface area (TPSA) is 52.0 Å². The van der Waals surface area contributed by atoms with Crippen molar-refractivity contribution in [3.05, 3.63) is 58.6 Å². The van der Waals surface area contributed by atoms with Crippen LogP contribution < -0.4 is 5.73 Å². The first-order valence-corrected chi connectivity index (χ1v) is 7.03. The van der Waals surface area contributed by atoms with Crippen molar-refractivity contribution in [1.29, 1.82) is 0 Å². The molecule has 0 radical (unpaired) electrons. The van der Waals surface area contributed by atoms with Crippen LogP contribution in [0.25, 0.3) is 22.5 Å². The Morgan fingerprint density at radius 3 is 2.52 bits per heavy atom. The number of nitrogens with two attached hydrogens (primary N) is 1. The molecular formula is C17H15ClN2O. The maximum absolute atomic E-state index is 6.05. The normalized spacial score (nSPS) is 10.8. The number of nitrogen functional groups attached to an aromatic ring is 1. The van der Waals surface area contributed by atoms with Gasteiger partial charge in [-0.2, -0.15) is 0 Å². The summed E-state index contributed by atoms with van der Waals surface area (Å²) in [5.41, 5.74) is 11.1. The van der Waals surface area contributed by atoms with E-state index in [-0.39, 0.29) is 0 Å². The molecule has 21 heavy (non-hydrogen) atoms. The second-order valence-corrected chi connectivity index (χ2v) is 5.52. The van der Waals surface area contributed by atoms with Gasteiger partial charge in [0.05, 0.1) is 5.56 Å². The minimum Gasteiger partial charge on any atom is -0.380 e. The Kier molecular flexibility index (Phi) is 3.43. The van der Waals surface area contributed by atoms with Crippen molar-refractivity contribution in [3.8, 4) is 22.5 Å². The van der Waals surface area contributed by atoms with Crippen molar-refractivity contribution in [3.63, 3.8) is 0 Å². The van der Waals surface area contributed by atoms with E-state index in [1.54, 1.807) is 0 Å². The van der Waals surface area contributed by atoms with E-state index in [4.69, 9.17) is 21.9 Å². The van der Waals surface area contributed by atoms with E-state index in [0.29, 0.717) is 16.6 Å². The maximum atomic E-state index is 6.05. The summed E-state index contributed by atoms with van der Waals surface area (Å²) in [5.74, 6) is 1.02. The van der Waals surface area contributed by atoms with Crippen molar-refractivity contribution < 1.29 is 4.52 Å². The molecule has 106 valence electrons. The van der Waals surface area contributed by atoms with Gasteiger partial charge in [-0.1, -0.05) is 47.1 Å². The second-order valence-electron chi connectivity index (χ2n) is 5.08. The molecule has 3 aromatic rings. The number of nitrogens with zero attached hydrogens (tertiary/aromatic N) is 1. The average molecular weight is 299 g/mol. The van der Waals surface area contributed by atoms with E-state index in [1.165, 1.54) is 11.1 Å². The lowest BCUT2D eigenvalue weighted by atomic mass is 9.98. The van der Waals surface area contributed by atoms with Crippen LogP contribution in [0.1, 0.15) is 11.1 Å². The molecule has 4 heteroatoms. The number of hydrogen-bond acceptors (Lipinski definition) is 3. The average Bonchev–Trinajstić information content (AvgIpc) is 2.84. The monoisotopic (exact) mass is 298 g/mol. The zero-order valence-electron chi connectivity index (χ0n) is 11.9. The van der Waals surface area contributed by atoms with E-state index in [9.17, 15) is 0 Å². The first kappa shape index (κ1) is 13.7. The maximum Gasteiger partial charge on any atom is 0.176 e. The van der Waals surface area contributed by atoms with Crippen molar-refractivity contribution in [2.45, 2.75) is 13.8 Å². The van der Waals surface area contributed by atoms with Gasteiger partial charge in [0, 0.05) is 10.6 Å². The molecule has 2 aromatic carbocycles. The summed E-state index contributed by atoms with van der Waals surface area (Å²) < 4.78 is 5.43. The summed E-state index contributed by atoms with van der Waals surface area (Å²) in [6.45, 7) is 4.15. The predicted molar refractivity (Wildman–Crippen MR) is 86.3 cm³/mol. The molecule has 2 N–H and O–H groups in total. The standard InChI is InChI=1S/C17H15ClN2O/c1-10-6-7-12(8-11(10)2)15-16(21-20-17(15)19)13-4-3-5-14(18)9-13/h3-9H,1-2H3,(H2,19,20). The number of hydrogen-bond donors (Lipinski definition) is 1. The Bertz CT molecular complexity index is 808. The predicted octanol–water partition coefficient (Wildman–Crippen LogP) is 4.86. The van der Waals surface area contributed by atoms with E-state index < -0.39 is 0 Å². The summed E-state index contributed by atoms with van der Waals surface area (Å²) >= 11 is 6.05. The molecule has 0 aliphatic carbocycles. The van der Waals surface area contributed by atoms with Crippen LogP contribution in [0.5, 0.6) is 0 Å². The molecule has 1 heterocycles. The van der Waals surface area contributed by atoms with Gasteiger partial charge in [-0.15, -0.1) is 0 Å². The molecule has 3 nitrogen and oxygen atoms in total. The highest BCUT2D eigenvalue weighted by molar-refractivity contribution is 6.30. The molecule has 3 rings (SSSR count). The van der Waals surface area contributed by atoms with Crippen molar-refractivity contribution >= 4 is 17.4 Å². The molecule has 0 fully saturated rings. The first-order valence-electron chi connectivity index (χ1n) is 6.65. The third kappa shape index (κ3) is 2.52. The molecule has 0 atom stereocenters. The van der Waals surface area contributed by atoms with Crippen LogP contribution in [0.4, 0.5) is 5.82 Å². The molecule has 0 bridgehead atoms. The van der Waals surface area contributed by atoms with E-state index >= 15 is 0 Å². The van der Waals surface area contributed by atoms with Gasteiger partial charge in [-0.25, -0.2) is 0 Å². The molecule has 0 aliphatic rings. The van der Waals surface area contributed by atoms with Gasteiger partial charge in [0.25, 0.3) is 0 Å². The van der Waals surface area contributed by atoms with E-state index in [0.717, 1.165) is 16.7 Å². The van der Waals surface area contributed by atoms with Gasteiger partial charge in [0.2, 0.25) is 0 Å². The fourth-order valence-corrected chi connectivity index (χ4v) is 2.50. The minimum atomic E-state index is 0.383. The minimum absolute atomic E-state index is 0.383. The van der Waals surface area contributed by atoms with Gasteiger partial charge in [-0.3, -0.25) is 0 Å². The molecular weight excluding hydrogens is 284 g/mol. The van der Waals surface area contributed by atoms with Gasteiger partial charge in [-0.05, 0) is 42.7 Å². The fraction of sp³-hybridized carbons (Fsp3) is 0.118. The smallest absolute Gasteiger partial charge is 0.176 e. The summed E-state index contributed by atoms with van der Waals surface area (Å²) in [7, 11) is 0. The highest BCUT2D eigenvalue weighted by atomic mass is 35.5. The lowest BCUT2D eigenvalue weighted by Crippen LogP contribution is -1.90. The van der Waals surface area contributed by atoms with Gasteiger partial charge in [0.15, 0.2) is 11.6 Å². The zero-order chi connectivity index (χ0) is 15.0. The molecule has 0 unspecified atom stereocenters. The Hall–Kier alpha value is -2.26. The van der Waals surface area contributed by atoms with Crippen LogP contribution in [0.3, 0.4) is 0 Å². The number of benzene rings is 2. The van der Waals surface area contributed by atoms with Crippen LogP contribution in [-0.4, -0.2) is 5.16 Å². The second kappa shape index (κ2) is 5.26. The number of halogens is 1. The number of rotatable bonds is 2. The Morgan fingerprint density at radius 2 is 1.81 bits per heavy atom. The highest BCUT2D eigenvalue weighted by Crippen LogP contribution is 2.37. The molecule has 1 aromatic heterocycles. The molecule has 0 aliphatic heterocycles. The first-order chi connectivity index (χ1) is 10.1. The lowest BCUT2D eigenvalue weighted by molar-refractivity contribution is 0.436. The summed E-state index contributed by atoms with van der Waals surface area (Å²) in [4.78, 5) is 0. The Balaban J connectivity index is 2.19. The van der Waals surface area contributed by atoms with Crippen LogP contribution in [0, 0.1) is 13.8 Å². The zero-order valence-corrected chi connectivity index (χ0v) is 12.6. The SMILES string of the molecule is Cc1ccc(-c2c(N)noc2-c2cccc(Cl)c2)cc1C. The highest BCUT2D eigenvalue weighted by Gasteiger charge is 2.18. The third-order valence-electron chi connectivity index (χ3n) is 3.60. The number of aryl methyl sites for hydroxylation is 2. The Labute approximate surface area is 128 Å². The lowest BCUT2D eigenvalue weighted by Gasteiger charge is -2.06. The number of anilines is 1. The quantitative estimate of drug-likeness (QED) is 0.735. The van der Waals surface area contributed by atoms with Crippen molar-refractivity contribution in [1.82, 2.24) is 5.16 Å². The van der Waals surface area contributed by atoms with Gasteiger partial charge < -0.3 is 10.3 Å². The summed E-state index contributed by atoms with van der Waals surface area (Å²) in [6, 6.07) is 13.6. The van der Waals surface area contributed by atoms with Crippen molar-refractivity contribution in [2.24, 2.45) is 0 Å². The van der Waals surface area contributed by atoms with E-state index in [1.807, 2.05) is 30.3 Å². The fourth-order valence-electron chi connectivity index (χ4n) is 2.31. The molecule has 0 saturated heterocycles. The van der Waals surface area contributed by atoms with Gasteiger partial charge >= 0.3 is 0 Å². The largest absolute Gasteiger partial charge is 0.380 e. The van der Waals surface area contributed by atoms with Crippen LogP contribution in [0.2, 0.25) is 5.02 Å². The molecule has 0 amide bonds. The molecule has 0 spiro atoms. The summed E-state index contributed by atoms with van der Waals surface area (Å²) in [5, 5.41) is 4.56. The van der Waals surface area contributed by atoms with Crippen molar-refractivity contribution in [2.75, 3.05) is 5.73 Å².